The van der Waals surface area contributed by atoms with E-state index in [0.29, 0.717) is 26.1 Å². The van der Waals surface area contributed by atoms with E-state index in [1.165, 1.54) is 5.56 Å². The standard InChI is InChI=1S/C19H26ClN3O2/c1-18(2,3)25-17(24)16-11-19(20,13-21)14-23(16)10-9-22-12-15-7-5-4-6-8-15/h4-8,16,22H,9-12,14H2,1-3H3/t16-,19+/m0/s1. The van der Waals surface area contributed by atoms with Gasteiger partial charge >= 0.3 is 5.97 Å². The lowest BCUT2D eigenvalue weighted by Gasteiger charge is -2.27. The van der Waals surface area contributed by atoms with Gasteiger partial charge in [0, 0.05) is 32.6 Å². The number of halogens is 1. The quantitative estimate of drug-likeness (QED) is 0.478. The van der Waals surface area contributed by atoms with Crippen LogP contribution >= 0.6 is 11.6 Å². The molecule has 0 spiro atoms. The van der Waals surface area contributed by atoms with Crippen molar-refractivity contribution in [2.75, 3.05) is 19.6 Å². The number of carbonyl (C=O) groups is 1. The summed E-state index contributed by atoms with van der Waals surface area (Å²) in [5, 5.41) is 12.7. The summed E-state index contributed by atoms with van der Waals surface area (Å²) in [6.07, 6.45) is 0.290. The molecule has 1 aromatic rings. The first-order valence-electron chi connectivity index (χ1n) is 8.54. The molecule has 0 aliphatic carbocycles. The van der Waals surface area contributed by atoms with Crippen molar-refractivity contribution in [2.45, 2.75) is 50.3 Å². The smallest absolute Gasteiger partial charge is 0.323 e. The van der Waals surface area contributed by atoms with Gasteiger partial charge in [-0.3, -0.25) is 9.69 Å². The molecule has 0 bridgehead atoms. The largest absolute Gasteiger partial charge is 0.459 e. The molecular weight excluding hydrogens is 338 g/mol. The predicted molar refractivity (Wildman–Crippen MR) is 98.2 cm³/mol. The zero-order valence-corrected chi connectivity index (χ0v) is 15.8. The zero-order chi connectivity index (χ0) is 18.5. The van der Waals surface area contributed by atoms with Gasteiger partial charge in [-0.25, -0.2) is 0 Å². The van der Waals surface area contributed by atoms with E-state index in [1.54, 1.807) is 0 Å². The first-order chi connectivity index (χ1) is 11.7. The van der Waals surface area contributed by atoms with E-state index >= 15 is 0 Å². The molecule has 0 amide bonds. The van der Waals surface area contributed by atoms with Gasteiger partial charge in [-0.1, -0.05) is 30.3 Å². The second-order valence-electron chi connectivity index (χ2n) is 7.46. The first kappa shape index (κ1) is 19.7. The van der Waals surface area contributed by atoms with Crippen LogP contribution in [0.3, 0.4) is 0 Å². The fourth-order valence-corrected chi connectivity index (χ4v) is 3.20. The molecule has 0 radical (unpaired) electrons. The Bertz CT molecular complexity index is 624. The number of carbonyl (C=O) groups excluding carboxylic acids is 1. The van der Waals surface area contributed by atoms with Gasteiger partial charge in [-0.2, -0.15) is 5.26 Å². The molecule has 6 heteroatoms. The summed E-state index contributed by atoms with van der Waals surface area (Å²) < 4.78 is 5.50. The molecule has 1 N–H and O–H groups in total. The second-order valence-corrected chi connectivity index (χ2v) is 8.19. The number of nitrogens with zero attached hydrogens (tertiary/aromatic N) is 2. The van der Waals surface area contributed by atoms with Gasteiger partial charge in [0.15, 0.2) is 0 Å². The number of nitrogens with one attached hydrogen (secondary N) is 1. The van der Waals surface area contributed by atoms with Crippen LogP contribution in [-0.2, 0) is 16.1 Å². The van der Waals surface area contributed by atoms with Gasteiger partial charge in [-0.05, 0) is 26.3 Å². The van der Waals surface area contributed by atoms with Crippen molar-refractivity contribution in [3.05, 3.63) is 35.9 Å². The molecule has 5 nitrogen and oxygen atoms in total. The van der Waals surface area contributed by atoms with Crippen molar-refractivity contribution in [1.82, 2.24) is 10.2 Å². The molecule has 0 unspecified atom stereocenters. The number of rotatable bonds is 6. The Labute approximate surface area is 154 Å². The first-order valence-corrected chi connectivity index (χ1v) is 8.92. The number of alkyl halides is 1. The van der Waals surface area contributed by atoms with E-state index in [1.807, 2.05) is 43.9 Å². The van der Waals surface area contributed by atoms with E-state index in [-0.39, 0.29) is 5.97 Å². The number of benzene rings is 1. The Morgan fingerprint density at radius 2 is 2.12 bits per heavy atom. The Morgan fingerprint density at radius 3 is 2.72 bits per heavy atom. The molecule has 1 saturated heterocycles. The summed E-state index contributed by atoms with van der Waals surface area (Å²) >= 11 is 6.34. The highest BCUT2D eigenvalue weighted by Crippen LogP contribution is 2.33. The minimum absolute atomic E-state index is 0.290. The molecule has 1 fully saturated rings. The van der Waals surface area contributed by atoms with Crippen LogP contribution in [0.4, 0.5) is 0 Å². The average Bonchev–Trinajstić information content (AvgIpc) is 2.89. The molecule has 1 aliphatic heterocycles. The Morgan fingerprint density at radius 1 is 1.44 bits per heavy atom. The van der Waals surface area contributed by atoms with Crippen molar-refractivity contribution >= 4 is 17.6 Å². The summed E-state index contributed by atoms with van der Waals surface area (Å²) in [6, 6.07) is 11.8. The lowest BCUT2D eigenvalue weighted by atomic mass is 10.1. The summed E-state index contributed by atoms with van der Waals surface area (Å²) in [7, 11) is 0. The maximum Gasteiger partial charge on any atom is 0.323 e. The van der Waals surface area contributed by atoms with Crippen LogP contribution in [0.15, 0.2) is 30.3 Å². The van der Waals surface area contributed by atoms with Crippen molar-refractivity contribution in [3.8, 4) is 6.07 Å². The molecule has 1 aliphatic rings. The molecule has 2 atom stereocenters. The van der Waals surface area contributed by atoms with Crippen LogP contribution in [0.1, 0.15) is 32.8 Å². The van der Waals surface area contributed by atoms with E-state index < -0.39 is 16.5 Å². The molecule has 25 heavy (non-hydrogen) atoms. The monoisotopic (exact) mass is 363 g/mol. The molecular formula is C19H26ClN3O2. The third-order valence-corrected chi connectivity index (χ3v) is 4.40. The molecule has 2 rings (SSSR count). The number of ether oxygens (including phenoxy) is 1. The normalized spacial score (nSPS) is 24.0. The van der Waals surface area contributed by atoms with E-state index in [0.717, 1.165) is 6.54 Å². The third kappa shape index (κ3) is 6.00. The van der Waals surface area contributed by atoms with Crippen LogP contribution in [-0.4, -0.2) is 47.0 Å². The maximum absolute atomic E-state index is 12.5. The number of likely N-dealkylation sites (tertiary alicyclic amines) is 1. The number of hydrogen-bond donors (Lipinski definition) is 1. The molecule has 0 saturated carbocycles. The Kier molecular flexibility index (Phi) is 6.45. The maximum atomic E-state index is 12.5. The van der Waals surface area contributed by atoms with Gasteiger partial charge in [0.05, 0.1) is 6.07 Å². The van der Waals surface area contributed by atoms with Gasteiger partial charge in [0.2, 0.25) is 0 Å². The van der Waals surface area contributed by atoms with Gasteiger partial charge in [-0.15, -0.1) is 11.6 Å². The van der Waals surface area contributed by atoms with Crippen LogP contribution in [0, 0.1) is 11.3 Å². The fourth-order valence-electron chi connectivity index (χ4n) is 2.90. The fraction of sp³-hybridized carbons (Fsp3) is 0.579. The highest BCUT2D eigenvalue weighted by molar-refractivity contribution is 6.26. The van der Waals surface area contributed by atoms with E-state index in [4.69, 9.17) is 16.3 Å². The van der Waals surface area contributed by atoms with Crippen molar-refractivity contribution in [3.63, 3.8) is 0 Å². The number of nitriles is 1. The minimum atomic E-state index is -1.03. The summed E-state index contributed by atoms with van der Waals surface area (Å²) in [5.74, 6) is -0.312. The van der Waals surface area contributed by atoms with Crippen molar-refractivity contribution in [2.24, 2.45) is 0 Å². The lowest BCUT2D eigenvalue weighted by molar-refractivity contribution is -0.160. The van der Waals surface area contributed by atoms with E-state index in [2.05, 4.69) is 23.5 Å². The van der Waals surface area contributed by atoms with Crippen LogP contribution in [0.2, 0.25) is 0 Å². The number of esters is 1. The van der Waals surface area contributed by atoms with Gasteiger partial charge in [0.25, 0.3) is 0 Å². The SMILES string of the molecule is CC(C)(C)OC(=O)[C@@H]1C[C@@](Cl)(C#N)CN1CCNCc1ccccc1. The van der Waals surface area contributed by atoms with Crippen LogP contribution < -0.4 is 5.32 Å². The van der Waals surface area contributed by atoms with Crippen LogP contribution in [0.5, 0.6) is 0 Å². The van der Waals surface area contributed by atoms with E-state index in [9.17, 15) is 10.1 Å². The third-order valence-electron chi connectivity index (χ3n) is 4.04. The van der Waals surface area contributed by atoms with Crippen molar-refractivity contribution in [1.29, 1.82) is 5.26 Å². The van der Waals surface area contributed by atoms with Gasteiger partial charge < -0.3 is 10.1 Å². The average molecular weight is 364 g/mol. The number of hydrogen-bond acceptors (Lipinski definition) is 5. The molecule has 136 valence electrons. The topological polar surface area (TPSA) is 65.4 Å². The summed E-state index contributed by atoms with van der Waals surface area (Å²) in [5.41, 5.74) is 0.648. The summed E-state index contributed by atoms with van der Waals surface area (Å²) in [6.45, 7) is 7.97. The molecule has 1 heterocycles. The second kappa shape index (κ2) is 8.18. The minimum Gasteiger partial charge on any atom is -0.459 e. The molecule has 0 aromatic heterocycles. The highest BCUT2D eigenvalue weighted by atomic mass is 35.5. The Balaban J connectivity index is 1.91. The highest BCUT2D eigenvalue weighted by Gasteiger charge is 2.47. The molecule has 1 aromatic carbocycles. The van der Waals surface area contributed by atoms with Crippen LogP contribution in [0.25, 0.3) is 0 Å². The Hall–Kier alpha value is -1.61. The lowest BCUT2D eigenvalue weighted by Crippen LogP contribution is -2.43. The summed E-state index contributed by atoms with van der Waals surface area (Å²) in [4.78, 5) is 13.4. The van der Waals surface area contributed by atoms with Gasteiger partial charge in [0.1, 0.15) is 16.5 Å². The predicted octanol–water partition coefficient (Wildman–Crippen LogP) is 2.69. The van der Waals surface area contributed by atoms with Crippen molar-refractivity contribution < 1.29 is 9.53 Å². The zero-order valence-electron chi connectivity index (χ0n) is 15.1.